The Morgan fingerprint density at radius 3 is 2.44 bits per heavy atom. The monoisotopic (exact) mass is 383 g/mol. The molecule has 8 nitrogen and oxygen atoms in total. The van der Waals surface area contributed by atoms with E-state index in [9.17, 15) is 28.1 Å². The second kappa shape index (κ2) is 7.11. The molecule has 0 amide bonds. The van der Waals surface area contributed by atoms with E-state index in [0.29, 0.717) is 4.88 Å². The molecule has 0 radical (unpaired) electrons. The SMILES string of the molecule is Cc1ccc(C(=O)COC(=O)c2ccc(S(C)(=O)=O)c([N+](=O)[O-])c2)s1. The second-order valence-electron chi connectivity index (χ2n) is 5.12. The number of benzene rings is 1. The van der Waals surface area contributed by atoms with Gasteiger partial charge in [0, 0.05) is 17.2 Å². The quantitative estimate of drug-likeness (QED) is 0.325. The number of nitro benzene ring substituents is 1. The molecule has 0 saturated carbocycles. The van der Waals surface area contributed by atoms with Gasteiger partial charge in [-0.25, -0.2) is 13.2 Å². The number of sulfone groups is 1. The van der Waals surface area contributed by atoms with Gasteiger partial charge in [0.15, 0.2) is 16.4 Å². The molecule has 0 N–H and O–H groups in total. The number of ether oxygens (including phenoxy) is 1. The van der Waals surface area contributed by atoms with Gasteiger partial charge < -0.3 is 4.74 Å². The van der Waals surface area contributed by atoms with Crippen LogP contribution in [0.3, 0.4) is 0 Å². The molecule has 2 rings (SSSR count). The number of esters is 1. The van der Waals surface area contributed by atoms with E-state index in [1.807, 2.05) is 6.92 Å². The zero-order valence-corrected chi connectivity index (χ0v) is 14.8. The van der Waals surface area contributed by atoms with Crippen molar-refractivity contribution in [2.75, 3.05) is 12.9 Å². The Balaban J connectivity index is 2.18. The maximum absolute atomic E-state index is 12.0. The molecule has 0 saturated heterocycles. The van der Waals surface area contributed by atoms with E-state index in [-0.39, 0.29) is 5.56 Å². The van der Waals surface area contributed by atoms with Gasteiger partial charge in [0.05, 0.1) is 15.4 Å². The average molecular weight is 383 g/mol. The average Bonchev–Trinajstić information content (AvgIpc) is 2.97. The Kier molecular flexibility index (Phi) is 5.33. The van der Waals surface area contributed by atoms with Crippen molar-refractivity contribution in [2.45, 2.75) is 11.8 Å². The largest absolute Gasteiger partial charge is 0.454 e. The van der Waals surface area contributed by atoms with Crippen LogP contribution in [0, 0.1) is 17.0 Å². The summed E-state index contributed by atoms with van der Waals surface area (Å²) in [6, 6.07) is 6.26. The minimum absolute atomic E-state index is 0.214. The number of rotatable bonds is 6. The highest BCUT2D eigenvalue weighted by atomic mass is 32.2. The first kappa shape index (κ1) is 18.7. The number of aryl methyl sites for hydroxylation is 1. The number of carbonyl (C=O) groups is 2. The van der Waals surface area contributed by atoms with Crippen LogP contribution in [-0.4, -0.2) is 38.0 Å². The van der Waals surface area contributed by atoms with Crippen molar-refractivity contribution in [1.29, 1.82) is 0 Å². The summed E-state index contributed by atoms with van der Waals surface area (Å²) in [5, 5.41) is 11.0. The molecule has 1 aromatic carbocycles. The van der Waals surface area contributed by atoms with E-state index in [1.165, 1.54) is 11.3 Å². The first-order valence-electron chi connectivity index (χ1n) is 6.85. The molecule has 0 bridgehead atoms. The Hall–Kier alpha value is -2.59. The summed E-state index contributed by atoms with van der Waals surface area (Å²) in [5.41, 5.74) is -0.939. The molecular weight excluding hydrogens is 370 g/mol. The normalized spacial score (nSPS) is 11.1. The highest BCUT2D eigenvalue weighted by molar-refractivity contribution is 7.90. The number of hydrogen-bond acceptors (Lipinski definition) is 8. The van der Waals surface area contributed by atoms with Crippen molar-refractivity contribution in [3.05, 3.63) is 55.8 Å². The zero-order chi connectivity index (χ0) is 18.8. The van der Waals surface area contributed by atoms with Crippen LogP contribution < -0.4 is 0 Å². The molecule has 0 aliphatic heterocycles. The van der Waals surface area contributed by atoms with E-state index < -0.39 is 43.7 Å². The van der Waals surface area contributed by atoms with Crippen molar-refractivity contribution in [1.82, 2.24) is 0 Å². The predicted octanol–water partition coefficient (Wildman–Crippen LogP) is 2.41. The summed E-state index contributed by atoms with van der Waals surface area (Å²) in [7, 11) is -3.83. The number of Topliss-reactive ketones (excluding diaryl/α,β-unsaturated/α-hetero) is 1. The molecular formula is C15H13NO7S2. The summed E-state index contributed by atoms with van der Waals surface area (Å²) in [5.74, 6) is -1.35. The summed E-state index contributed by atoms with van der Waals surface area (Å²) < 4.78 is 28.0. The Morgan fingerprint density at radius 2 is 1.92 bits per heavy atom. The number of hydrogen-bond donors (Lipinski definition) is 0. The second-order valence-corrected chi connectivity index (χ2v) is 8.39. The van der Waals surface area contributed by atoms with Crippen LogP contribution in [0.25, 0.3) is 0 Å². The molecule has 0 fully saturated rings. The van der Waals surface area contributed by atoms with Crippen LogP contribution in [-0.2, 0) is 14.6 Å². The summed E-state index contributed by atoms with van der Waals surface area (Å²) in [6.07, 6.45) is 0.828. The van der Waals surface area contributed by atoms with Gasteiger partial charge in [-0.3, -0.25) is 14.9 Å². The van der Waals surface area contributed by atoms with E-state index >= 15 is 0 Å². The lowest BCUT2D eigenvalue weighted by molar-refractivity contribution is -0.387. The third kappa shape index (κ3) is 4.48. The highest BCUT2D eigenvalue weighted by Gasteiger charge is 2.24. The van der Waals surface area contributed by atoms with Gasteiger partial charge in [-0.15, -0.1) is 11.3 Å². The van der Waals surface area contributed by atoms with Crippen LogP contribution in [0.2, 0.25) is 0 Å². The lowest BCUT2D eigenvalue weighted by atomic mass is 10.2. The molecule has 25 heavy (non-hydrogen) atoms. The molecule has 10 heteroatoms. The summed E-state index contributed by atoms with van der Waals surface area (Å²) >= 11 is 1.26. The lowest BCUT2D eigenvalue weighted by Gasteiger charge is -2.05. The van der Waals surface area contributed by atoms with Gasteiger partial charge in [-0.05, 0) is 31.2 Å². The van der Waals surface area contributed by atoms with Crippen LogP contribution in [0.15, 0.2) is 35.2 Å². The van der Waals surface area contributed by atoms with Gasteiger partial charge in [0.25, 0.3) is 5.69 Å². The summed E-state index contributed by atoms with van der Waals surface area (Å²) in [4.78, 5) is 34.9. The van der Waals surface area contributed by atoms with Gasteiger partial charge in [0.1, 0.15) is 4.90 Å². The fourth-order valence-electron chi connectivity index (χ4n) is 1.97. The molecule has 1 heterocycles. The van der Waals surface area contributed by atoms with Crippen LogP contribution in [0.4, 0.5) is 5.69 Å². The predicted molar refractivity (Wildman–Crippen MR) is 89.9 cm³/mol. The molecule has 0 unspecified atom stereocenters. The number of nitrogens with zero attached hydrogens (tertiary/aromatic N) is 1. The van der Waals surface area contributed by atoms with Crippen molar-refractivity contribution >= 4 is 38.6 Å². The van der Waals surface area contributed by atoms with Crippen molar-refractivity contribution in [3.8, 4) is 0 Å². The minimum Gasteiger partial charge on any atom is -0.454 e. The van der Waals surface area contributed by atoms with Crippen molar-refractivity contribution in [2.24, 2.45) is 0 Å². The van der Waals surface area contributed by atoms with E-state index in [0.717, 1.165) is 29.3 Å². The zero-order valence-electron chi connectivity index (χ0n) is 13.2. The van der Waals surface area contributed by atoms with Gasteiger partial charge in [-0.2, -0.15) is 0 Å². The molecule has 0 atom stereocenters. The van der Waals surface area contributed by atoms with E-state index in [4.69, 9.17) is 4.74 Å². The Morgan fingerprint density at radius 1 is 1.24 bits per heavy atom. The molecule has 0 aliphatic rings. The van der Waals surface area contributed by atoms with Crippen LogP contribution in [0.1, 0.15) is 24.9 Å². The number of ketones is 1. The van der Waals surface area contributed by atoms with Gasteiger partial charge >= 0.3 is 5.97 Å². The molecule has 1 aromatic heterocycles. The molecule has 132 valence electrons. The minimum atomic E-state index is -3.83. The number of carbonyl (C=O) groups excluding carboxylic acids is 2. The number of thiophene rings is 1. The fraction of sp³-hybridized carbons (Fsp3) is 0.200. The first-order chi connectivity index (χ1) is 11.6. The standard InChI is InChI=1S/C15H13NO7S2/c1-9-3-5-13(24-9)12(17)8-23-15(18)10-4-6-14(25(2,21)22)11(7-10)16(19)20/h3-7H,8H2,1-2H3. The fourth-order valence-corrected chi connectivity index (χ4v) is 3.59. The molecule has 2 aromatic rings. The summed E-state index contributed by atoms with van der Waals surface area (Å²) in [6.45, 7) is 1.32. The lowest BCUT2D eigenvalue weighted by Crippen LogP contribution is -2.14. The van der Waals surface area contributed by atoms with Gasteiger partial charge in [-0.1, -0.05) is 0 Å². The maximum atomic E-state index is 12.0. The number of nitro groups is 1. The third-order valence-electron chi connectivity index (χ3n) is 3.14. The first-order valence-corrected chi connectivity index (χ1v) is 9.55. The Bertz CT molecular complexity index is 960. The third-order valence-corrected chi connectivity index (χ3v) is 5.33. The Labute approximate surface area is 147 Å². The van der Waals surface area contributed by atoms with E-state index in [1.54, 1.807) is 12.1 Å². The highest BCUT2D eigenvalue weighted by Crippen LogP contribution is 2.25. The smallest absolute Gasteiger partial charge is 0.338 e. The molecule has 0 spiro atoms. The van der Waals surface area contributed by atoms with Crippen molar-refractivity contribution < 1.29 is 27.7 Å². The van der Waals surface area contributed by atoms with E-state index in [2.05, 4.69) is 0 Å². The maximum Gasteiger partial charge on any atom is 0.338 e. The van der Waals surface area contributed by atoms with Crippen LogP contribution in [0.5, 0.6) is 0 Å². The van der Waals surface area contributed by atoms with Crippen molar-refractivity contribution in [3.63, 3.8) is 0 Å². The topological polar surface area (TPSA) is 121 Å². The molecule has 0 aliphatic carbocycles. The van der Waals surface area contributed by atoms with Gasteiger partial charge in [0.2, 0.25) is 5.78 Å². The van der Waals surface area contributed by atoms with Crippen LogP contribution >= 0.6 is 11.3 Å².